The minimum absolute atomic E-state index is 0.170. The van der Waals surface area contributed by atoms with Gasteiger partial charge in [0.2, 0.25) is 0 Å². The van der Waals surface area contributed by atoms with E-state index >= 15 is 0 Å². The van der Waals surface area contributed by atoms with E-state index < -0.39 is 18.0 Å². The van der Waals surface area contributed by atoms with Crippen LogP contribution in [0.5, 0.6) is 0 Å². The second-order valence-corrected chi connectivity index (χ2v) is 7.45. The van der Waals surface area contributed by atoms with E-state index in [2.05, 4.69) is 0 Å². The number of rotatable bonds is 6. The minimum atomic E-state index is -1.02. The summed E-state index contributed by atoms with van der Waals surface area (Å²) >= 11 is 7.55. The van der Waals surface area contributed by atoms with Crippen molar-refractivity contribution >= 4 is 50.6 Å². The maximum absolute atomic E-state index is 12.9. The number of fused-ring (bicyclic) bond motifs is 1. The van der Waals surface area contributed by atoms with E-state index in [0.29, 0.717) is 10.7 Å². The molecule has 0 aliphatic rings. The normalized spacial score (nSPS) is 11.6. The molecule has 0 saturated heterocycles. The van der Waals surface area contributed by atoms with E-state index in [1.807, 2.05) is 36.4 Å². The molecule has 0 aliphatic carbocycles. The average Bonchev–Trinajstić information content (AvgIpc) is 3.06. The Morgan fingerprint density at radius 1 is 1.18 bits per heavy atom. The van der Waals surface area contributed by atoms with Crippen molar-refractivity contribution in [1.29, 1.82) is 5.26 Å². The van der Waals surface area contributed by atoms with Gasteiger partial charge in [-0.1, -0.05) is 48.0 Å². The monoisotopic (exact) mass is 412 g/mol. The van der Waals surface area contributed by atoms with Gasteiger partial charge < -0.3 is 9.64 Å². The van der Waals surface area contributed by atoms with Gasteiger partial charge in [-0.05, 0) is 25.1 Å². The van der Waals surface area contributed by atoms with Crippen LogP contribution in [0, 0.1) is 11.3 Å². The van der Waals surface area contributed by atoms with Crippen LogP contribution in [0.15, 0.2) is 54.6 Å². The Kier molecular flexibility index (Phi) is 6.30. The van der Waals surface area contributed by atoms with Gasteiger partial charge in [0.15, 0.2) is 6.10 Å². The molecule has 3 aromatic rings. The Morgan fingerprint density at radius 2 is 1.86 bits per heavy atom. The summed E-state index contributed by atoms with van der Waals surface area (Å²) in [5, 5.41) is 10.00. The molecule has 0 saturated carbocycles. The molecule has 5 nitrogen and oxygen atoms in total. The summed E-state index contributed by atoms with van der Waals surface area (Å²) in [5.74, 6) is -1.03. The number of nitrogens with zero attached hydrogens (tertiary/aromatic N) is 2. The fraction of sp³-hybridized carbons (Fsp3) is 0.190. The van der Waals surface area contributed by atoms with Crippen LogP contribution in [-0.4, -0.2) is 24.5 Å². The fourth-order valence-electron chi connectivity index (χ4n) is 2.77. The Bertz CT molecular complexity index is 1040. The van der Waals surface area contributed by atoms with Gasteiger partial charge in [0.1, 0.15) is 4.88 Å². The molecule has 0 fully saturated rings. The third-order valence-corrected chi connectivity index (χ3v) is 5.79. The molecule has 2 aromatic carbocycles. The highest BCUT2D eigenvalue weighted by atomic mass is 35.5. The Hall–Kier alpha value is -2.88. The number of anilines is 1. The summed E-state index contributed by atoms with van der Waals surface area (Å²) < 4.78 is 6.28. The largest absolute Gasteiger partial charge is 0.448 e. The average molecular weight is 413 g/mol. The number of carbonyl (C=O) groups excluding carboxylic acids is 2. The van der Waals surface area contributed by atoms with Gasteiger partial charge in [-0.3, -0.25) is 4.79 Å². The van der Waals surface area contributed by atoms with Crippen LogP contribution in [0.2, 0.25) is 5.02 Å². The van der Waals surface area contributed by atoms with Crippen LogP contribution >= 0.6 is 22.9 Å². The minimum Gasteiger partial charge on any atom is -0.448 e. The van der Waals surface area contributed by atoms with Crippen molar-refractivity contribution in [2.75, 3.05) is 11.4 Å². The van der Waals surface area contributed by atoms with Crippen LogP contribution in [0.1, 0.15) is 23.0 Å². The molecule has 1 atom stereocenters. The zero-order chi connectivity index (χ0) is 20.1. The van der Waals surface area contributed by atoms with Crippen molar-refractivity contribution in [3.05, 3.63) is 64.5 Å². The number of halogens is 1. The Labute approximate surface area is 171 Å². The maximum Gasteiger partial charge on any atom is 0.350 e. The number of ether oxygens (including phenoxy) is 1. The molecule has 1 aromatic heterocycles. The summed E-state index contributed by atoms with van der Waals surface area (Å²) in [6.45, 7) is 1.73. The molecule has 0 unspecified atom stereocenters. The van der Waals surface area contributed by atoms with Gasteiger partial charge in [-0.15, -0.1) is 11.3 Å². The Morgan fingerprint density at radius 3 is 2.54 bits per heavy atom. The number of hydrogen-bond donors (Lipinski definition) is 0. The Balaban J connectivity index is 1.78. The van der Waals surface area contributed by atoms with Gasteiger partial charge in [-0.25, -0.2) is 4.79 Å². The summed E-state index contributed by atoms with van der Waals surface area (Å²) in [5.41, 5.74) is 0.644. The molecule has 0 radical (unpaired) electrons. The smallest absolute Gasteiger partial charge is 0.350 e. The molecule has 0 aliphatic heterocycles. The van der Waals surface area contributed by atoms with Crippen molar-refractivity contribution in [2.45, 2.75) is 19.4 Å². The molecule has 28 heavy (non-hydrogen) atoms. The van der Waals surface area contributed by atoms with Crippen LogP contribution in [-0.2, 0) is 9.53 Å². The quantitative estimate of drug-likeness (QED) is 0.531. The second kappa shape index (κ2) is 8.87. The van der Waals surface area contributed by atoms with E-state index in [0.717, 1.165) is 10.1 Å². The lowest BCUT2D eigenvalue weighted by Crippen LogP contribution is -2.40. The van der Waals surface area contributed by atoms with Gasteiger partial charge in [-0.2, -0.15) is 5.26 Å². The molecular weight excluding hydrogens is 396 g/mol. The predicted molar refractivity (Wildman–Crippen MR) is 111 cm³/mol. The number of hydrogen-bond acceptors (Lipinski definition) is 5. The van der Waals surface area contributed by atoms with Gasteiger partial charge in [0.25, 0.3) is 5.91 Å². The topological polar surface area (TPSA) is 70.4 Å². The molecule has 0 N–H and O–H groups in total. The first-order chi connectivity index (χ1) is 13.5. The van der Waals surface area contributed by atoms with E-state index in [9.17, 15) is 9.59 Å². The highest BCUT2D eigenvalue weighted by molar-refractivity contribution is 7.21. The molecule has 0 bridgehead atoms. The van der Waals surface area contributed by atoms with Gasteiger partial charge in [0, 0.05) is 22.3 Å². The number of carbonyl (C=O) groups is 2. The molecular formula is C21H17ClN2O3S. The summed E-state index contributed by atoms with van der Waals surface area (Å²) in [6.07, 6.45) is -0.851. The first kappa shape index (κ1) is 19.9. The molecule has 142 valence electrons. The van der Waals surface area contributed by atoms with Crippen molar-refractivity contribution in [3.8, 4) is 6.07 Å². The molecule has 0 spiro atoms. The second-order valence-electron chi connectivity index (χ2n) is 6.02. The lowest BCUT2D eigenvalue weighted by Gasteiger charge is -2.25. The van der Waals surface area contributed by atoms with Crippen molar-refractivity contribution in [3.63, 3.8) is 0 Å². The third kappa shape index (κ3) is 4.16. The zero-order valence-electron chi connectivity index (χ0n) is 15.1. The summed E-state index contributed by atoms with van der Waals surface area (Å²) in [4.78, 5) is 27.2. The van der Waals surface area contributed by atoms with E-state index in [1.165, 1.54) is 23.2 Å². The molecule has 3 rings (SSSR count). The lowest BCUT2D eigenvalue weighted by atomic mass is 10.2. The van der Waals surface area contributed by atoms with Crippen LogP contribution in [0.25, 0.3) is 10.1 Å². The number of thiophene rings is 1. The van der Waals surface area contributed by atoms with Crippen molar-refractivity contribution < 1.29 is 14.3 Å². The number of esters is 1. The van der Waals surface area contributed by atoms with E-state index in [4.69, 9.17) is 21.6 Å². The first-order valence-electron chi connectivity index (χ1n) is 8.64. The van der Waals surface area contributed by atoms with E-state index in [1.54, 1.807) is 24.3 Å². The molecule has 1 heterocycles. The SMILES string of the molecule is C[C@@H](OC(=O)c1sc2ccccc2c1Cl)C(=O)N(CCC#N)c1ccccc1. The number of para-hydroxylation sites is 1. The van der Waals surface area contributed by atoms with Crippen molar-refractivity contribution in [1.82, 2.24) is 0 Å². The van der Waals surface area contributed by atoms with Crippen LogP contribution < -0.4 is 4.90 Å². The first-order valence-corrected chi connectivity index (χ1v) is 9.83. The number of benzene rings is 2. The summed E-state index contributed by atoms with van der Waals surface area (Å²) in [6, 6.07) is 18.4. The lowest BCUT2D eigenvalue weighted by molar-refractivity contribution is -0.126. The van der Waals surface area contributed by atoms with Crippen molar-refractivity contribution in [2.24, 2.45) is 0 Å². The zero-order valence-corrected chi connectivity index (χ0v) is 16.7. The predicted octanol–water partition coefficient (Wildman–Crippen LogP) is 5.05. The standard InChI is InChI=1S/C21H17ClN2O3S/c1-14(20(25)24(13-7-12-23)15-8-3-2-4-9-15)27-21(26)19-18(22)16-10-5-6-11-17(16)28-19/h2-6,8-11,14H,7,13H2,1H3/t14-/m1/s1. The fourth-order valence-corrected chi connectivity index (χ4v) is 4.16. The van der Waals surface area contributed by atoms with Crippen LogP contribution in [0.3, 0.4) is 0 Å². The maximum atomic E-state index is 12.9. The third-order valence-electron chi connectivity index (χ3n) is 4.13. The summed E-state index contributed by atoms with van der Waals surface area (Å²) in [7, 11) is 0. The molecule has 1 amide bonds. The van der Waals surface area contributed by atoms with Crippen LogP contribution in [0.4, 0.5) is 5.69 Å². The molecule has 7 heteroatoms. The van der Waals surface area contributed by atoms with E-state index in [-0.39, 0.29) is 17.8 Å². The highest BCUT2D eigenvalue weighted by Crippen LogP contribution is 2.35. The highest BCUT2D eigenvalue weighted by Gasteiger charge is 2.27. The number of nitriles is 1. The van der Waals surface area contributed by atoms with Gasteiger partial charge in [0.05, 0.1) is 17.5 Å². The van der Waals surface area contributed by atoms with Gasteiger partial charge >= 0.3 is 5.97 Å². The number of amides is 1.